The number of hydrogen-bond acceptors (Lipinski definition) is 4. The quantitative estimate of drug-likeness (QED) is 0.665. The average molecular weight is 342 g/mol. The number of amides is 1. The average Bonchev–Trinajstić information content (AvgIpc) is 2.47. The molecule has 0 saturated heterocycles. The molecule has 128 valence electrons. The zero-order valence-electron chi connectivity index (χ0n) is 13.4. The Balaban J connectivity index is 2.80. The molecule has 0 fully saturated rings. The molecule has 0 atom stereocenters. The molecule has 1 rings (SSSR count). The summed E-state index contributed by atoms with van der Waals surface area (Å²) in [4.78, 5) is 23.2. The van der Waals surface area contributed by atoms with E-state index in [4.69, 9.17) is 5.11 Å². The summed E-state index contributed by atoms with van der Waals surface area (Å²) in [7, 11) is -3.49. The number of carboxylic acids is 1. The minimum absolute atomic E-state index is 0.101. The highest BCUT2D eigenvalue weighted by atomic mass is 32.2. The molecule has 0 spiro atoms. The monoisotopic (exact) mass is 342 g/mol. The van der Waals surface area contributed by atoms with Gasteiger partial charge < -0.3 is 10.4 Å². The molecule has 23 heavy (non-hydrogen) atoms. The summed E-state index contributed by atoms with van der Waals surface area (Å²) < 4.78 is 25.7. The van der Waals surface area contributed by atoms with Crippen LogP contribution in [0.25, 0.3) is 0 Å². The van der Waals surface area contributed by atoms with Gasteiger partial charge in [-0.15, -0.1) is 0 Å². The van der Waals surface area contributed by atoms with E-state index in [0.717, 1.165) is 0 Å². The van der Waals surface area contributed by atoms with Crippen LogP contribution in [0.15, 0.2) is 24.3 Å². The number of carbonyl (C=O) groups is 2. The lowest BCUT2D eigenvalue weighted by molar-refractivity contribution is -0.147. The maximum atomic E-state index is 12.2. The summed E-state index contributed by atoms with van der Waals surface area (Å²) in [6, 6.07) is 6.26. The molecule has 1 aromatic carbocycles. The second kappa shape index (κ2) is 7.45. The number of aliphatic carboxylic acids is 1. The minimum atomic E-state index is -3.49. The van der Waals surface area contributed by atoms with Gasteiger partial charge in [0.1, 0.15) is 0 Å². The van der Waals surface area contributed by atoms with Gasteiger partial charge in [-0.05, 0) is 39.3 Å². The number of anilines is 1. The van der Waals surface area contributed by atoms with Gasteiger partial charge in [0.05, 0.1) is 22.4 Å². The highest BCUT2D eigenvalue weighted by molar-refractivity contribution is 7.92. The van der Waals surface area contributed by atoms with Crippen molar-refractivity contribution in [3.63, 3.8) is 0 Å². The Morgan fingerprint density at radius 3 is 2.39 bits per heavy atom. The van der Waals surface area contributed by atoms with Gasteiger partial charge in [0.25, 0.3) is 5.91 Å². The summed E-state index contributed by atoms with van der Waals surface area (Å²) in [5.74, 6) is -1.50. The predicted octanol–water partition coefficient (Wildman–Crippen LogP) is 1.68. The number of para-hydroxylation sites is 1. The predicted molar refractivity (Wildman–Crippen MR) is 87.9 cm³/mol. The number of nitrogens with one attached hydrogen (secondary N) is 2. The Bertz CT molecular complexity index is 683. The lowest BCUT2D eigenvalue weighted by atomic mass is 9.90. The van der Waals surface area contributed by atoms with Gasteiger partial charge in [0, 0.05) is 6.54 Å². The van der Waals surface area contributed by atoms with Crippen LogP contribution in [-0.4, -0.2) is 37.7 Å². The van der Waals surface area contributed by atoms with Crippen molar-refractivity contribution in [2.75, 3.05) is 17.0 Å². The van der Waals surface area contributed by atoms with Crippen molar-refractivity contribution in [2.45, 2.75) is 27.2 Å². The van der Waals surface area contributed by atoms with Crippen LogP contribution in [0.5, 0.6) is 0 Å². The Kier molecular flexibility index (Phi) is 6.14. The molecule has 0 heterocycles. The molecule has 0 aliphatic rings. The number of hydrogen-bond donors (Lipinski definition) is 3. The van der Waals surface area contributed by atoms with Crippen molar-refractivity contribution >= 4 is 27.6 Å². The topological polar surface area (TPSA) is 113 Å². The smallest absolute Gasteiger partial charge is 0.309 e. The molecule has 7 nitrogen and oxygen atoms in total. The molecule has 0 saturated carbocycles. The first-order valence-electron chi connectivity index (χ1n) is 7.20. The summed E-state index contributed by atoms with van der Waals surface area (Å²) in [5, 5.41) is 11.6. The maximum absolute atomic E-state index is 12.2. The molecule has 8 heteroatoms. The van der Waals surface area contributed by atoms with E-state index in [-0.39, 0.29) is 30.0 Å². The van der Waals surface area contributed by atoms with Crippen LogP contribution >= 0.6 is 0 Å². The zero-order chi connectivity index (χ0) is 17.7. The lowest BCUT2D eigenvalue weighted by Crippen LogP contribution is -2.32. The Labute approximate surface area is 136 Å². The number of carbonyl (C=O) groups excluding carboxylic acids is 1. The Morgan fingerprint density at radius 1 is 1.22 bits per heavy atom. The summed E-state index contributed by atoms with van der Waals surface area (Å²) >= 11 is 0. The molecule has 0 unspecified atom stereocenters. The fourth-order valence-electron chi connectivity index (χ4n) is 1.70. The van der Waals surface area contributed by atoms with E-state index in [1.807, 2.05) is 0 Å². The molecule has 1 amide bonds. The second-order valence-electron chi connectivity index (χ2n) is 5.75. The number of benzene rings is 1. The van der Waals surface area contributed by atoms with Gasteiger partial charge in [0.2, 0.25) is 10.0 Å². The number of carboxylic acid groups (broad SMARTS) is 1. The van der Waals surface area contributed by atoms with Gasteiger partial charge in [-0.3, -0.25) is 14.3 Å². The highest BCUT2D eigenvalue weighted by Gasteiger charge is 2.26. The van der Waals surface area contributed by atoms with Crippen LogP contribution in [0, 0.1) is 5.41 Å². The van der Waals surface area contributed by atoms with E-state index in [0.29, 0.717) is 0 Å². The van der Waals surface area contributed by atoms with Crippen molar-refractivity contribution in [3.8, 4) is 0 Å². The molecular formula is C15H22N2O5S. The van der Waals surface area contributed by atoms with E-state index in [1.54, 1.807) is 26.0 Å². The van der Waals surface area contributed by atoms with E-state index >= 15 is 0 Å². The normalized spacial score (nSPS) is 11.8. The van der Waals surface area contributed by atoms with Crippen LogP contribution in [-0.2, 0) is 14.8 Å². The largest absolute Gasteiger partial charge is 0.481 e. The molecule has 0 aliphatic carbocycles. The number of sulfonamides is 1. The van der Waals surface area contributed by atoms with Crippen molar-refractivity contribution in [1.82, 2.24) is 5.32 Å². The van der Waals surface area contributed by atoms with Gasteiger partial charge in [-0.1, -0.05) is 12.1 Å². The molecule has 0 bridgehead atoms. The molecule has 3 N–H and O–H groups in total. The standard InChI is InChI=1S/C15H22N2O5S/c1-4-23(21,22)17-12-8-6-5-7-11(12)13(18)16-10-9-15(2,3)14(19)20/h5-8,17H,4,9-10H2,1-3H3,(H,16,18)(H,19,20). The second-order valence-corrected chi connectivity index (χ2v) is 7.76. The van der Waals surface area contributed by atoms with Gasteiger partial charge in [-0.25, -0.2) is 8.42 Å². The third kappa shape index (κ3) is 5.55. The molecule has 0 aromatic heterocycles. The molecular weight excluding hydrogens is 320 g/mol. The van der Waals surface area contributed by atoms with Crippen molar-refractivity contribution in [1.29, 1.82) is 0 Å². The lowest BCUT2D eigenvalue weighted by Gasteiger charge is -2.19. The van der Waals surface area contributed by atoms with Crippen LogP contribution in [0.2, 0.25) is 0 Å². The first-order chi connectivity index (χ1) is 10.6. The van der Waals surface area contributed by atoms with Crippen LogP contribution in [0.4, 0.5) is 5.69 Å². The fraction of sp³-hybridized carbons (Fsp3) is 0.467. The van der Waals surface area contributed by atoms with Gasteiger partial charge >= 0.3 is 5.97 Å². The number of rotatable bonds is 8. The molecule has 1 aromatic rings. The SMILES string of the molecule is CCS(=O)(=O)Nc1ccccc1C(=O)NCCC(C)(C)C(=O)O. The molecule has 0 radical (unpaired) electrons. The molecule has 0 aliphatic heterocycles. The third-order valence-corrected chi connectivity index (χ3v) is 4.72. The highest BCUT2D eigenvalue weighted by Crippen LogP contribution is 2.20. The first kappa shape index (κ1) is 19.0. The van der Waals surface area contributed by atoms with E-state index in [1.165, 1.54) is 19.1 Å². The van der Waals surface area contributed by atoms with Crippen LogP contribution < -0.4 is 10.0 Å². The van der Waals surface area contributed by atoms with E-state index in [9.17, 15) is 18.0 Å². The zero-order valence-corrected chi connectivity index (χ0v) is 14.2. The van der Waals surface area contributed by atoms with E-state index in [2.05, 4.69) is 10.0 Å². The maximum Gasteiger partial charge on any atom is 0.309 e. The van der Waals surface area contributed by atoms with Crippen molar-refractivity contribution < 1.29 is 23.1 Å². The Morgan fingerprint density at radius 2 is 1.83 bits per heavy atom. The van der Waals surface area contributed by atoms with Crippen LogP contribution in [0.3, 0.4) is 0 Å². The first-order valence-corrected chi connectivity index (χ1v) is 8.85. The van der Waals surface area contributed by atoms with Gasteiger partial charge in [0.15, 0.2) is 0 Å². The minimum Gasteiger partial charge on any atom is -0.481 e. The third-order valence-electron chi connectivity index (χ3n) is 3.43. The van der Waals surface area contributed by atoms with Crippen molar-refractivity contribution in [2.24, 2.45) is 5.41 Å². The van der Waals surface area contributed by atoms with Gasteiger partial charge in [-0.2, -0.15) is 0 Å². The summed E-state index contributed by atoms with van der Waals surface area (Å²) in [5.41, 5.74) is -0.557. The summed E-state index contributed by atoms with van der Waals surface area (Å²) in [6.07, 6.45) is 0.261. The van der Waals surface area contributed by atoms with Crippen molar-refractivity contribution in [3.05, 3.63) is 29.8 Å². The summed E-state index contributed by atoms with van der Waals surface area (Å²) in [6.45, 7) is 4.82. The van der Waals surface area contributed by atoms with Crippen LogP contribution in [0.1, 0.15) is 37.6 Å². The Hall–Kier alpha value is -2.09. The fourth-order valence-corrected chi connectivity index (χ4v) is 2.36. The van der Waals surface area contributed by atoms with E-state index < -0.39 is 27.3 Å².